The Morgan fingerprint density at radius 1 is 1.56 bits per heavy atom. The zero-order valence-electron chi connectivity index (χ0n) is 11.0. The molecule has 1 aliphatic carbocycles. The molecule has 0 fully saturated rings. The number of methoxy groups -OCH3 is 1. The van der Waals surface area contributed by atoms with Gasteiger partial charge < -0.3 is 9.84 Å². The maximum Gasteiger partial charge on any atom is 0.268 e. The first-order chi connectivity index (χ1) is 8.19. The molecule has 1 aliphatic rings. The Balaban J connectivity index is 2.77. The van der Waals surface area contributed by atoms with E-state index in [1.807, 2.05) is 0 Å². The number of rotatable bonds is 3. The summed E-state index contributed by atoms with van der Waals surface area (Å²) in [7, 11) is -0.0930. The molecule has 5 nitrogen and oxygen atoms in total. The Morgan fingerprint density at radius 2 is 2.17 bits per heavy atom. The van der Waals surface area contributed by atoms with Gasteiger partial charge in [-0.3, -0.25) is 9.52 Å². The molecule has 102 valence electrons. The predicted molar refractivity (Wildman–Crippen MR) is 69.8 cm³/mol. The summed E-state index contributed by atoms with van der Waals surface area (Å²) < 4.78 is 18.6. The highest BCUT2D eigenvalue weighted by Gasteiger charge is 2.38. The SMILES string of the molecule is COC1=CC=CC(O)(C(=O)NS(=O)C(C)(C)C)C1. The van der Waals surface area contributed by atoms with Crippen LogP contribution in [0.3, 0.4) is 0 Å². The van der Waals surface area contributed by atoms with Crippen molar-refractivity contribution < 1.29 is 18.8 Å². The fraction of sp³-hybridized carbons (Fsp3) is 0.583. The van der Waals surface area contributed by atoms with Gasteiger partial charge in [0.2, 0.25) is 0 Å². The summed E-state index contributed by atoms with van der Waals surface area (Å²) >= 11 is 0. The van der Waals surface area contributed by atoms with E-state index < -0.39 is 27.2 Å². The number of nitrogens with one attached hydrogen (secondary N) is 1. The average molecular weight is 273 g/mol. The molecule has 0 radical (unpaired) electrons. The van der Waals surface area contributed by atoms with Crippen LogP contribution in [0.15, 0.2) is 24.0 Å². The minimum atomic E-state index is -1.71. The molecule has 0 aromatic carbocycles. The zero-order chi connectivity index (χ0) is 14.0. The monoisotopic (exact) mass is 273 g/mol. The molecule has 0 saturated carbocycles. The van der Waals surface area contributed by atoms with Crippen molar-refractivity contribution in [1.29, 1.82) is 0 Å². The number of hydrogen-bond donors (Lipinski definition) is 2. The standard InChI is InChI=1S/C12H19NO4S/c1-11(2,3)18(16)13-10(14)12(15)7-5-6-9(8-12)17-4/h5-7,15H,8H2,1-4H3,(H,13,14). The third-order valence-corrected chi connectivity index (χ3v) is 3.98. The van der Waals surface area contributed by atoms with Gasteiger partial charge >= 0.3 is 0 Å². The molecule has 2 unspecified atom stereocenters. The lowest BCUT2D eigenvalue weighted by atomic mass is 9.93. The van der Waals surface area contributed by atoms with Crippen LogP contribution in [-0.2, 0) is 20.5 Å². The molecule has 2 N–H and O–H groups in total. The van der Waals surface area contributed by atoms with Crippen molar-refractivity contribution in [2.75, 3.05) is 7.11 Å². The molecule has 18 heavy (non-hydrogen) atoms. The van der Waals surface area contributed by atoms with Crippen LogP contribution in [-0.4, -0.2) is 32.7 Å². The lowest BCUT2D eigenvalue weighted by Crippen LogP contribution is -2.49. The second-order valence-electron chi connectivity index (χ2n) is 5.11. The van der Waals surface area contributed by atoms with Crippen molar-refractivity contribution in [3.05, 3.63) is 24.0 Å². The second kappa shape index (κ2) is 5.24. The van der Waals surface area contributed by atoms with E-state index in [4.69, 9.17) is 4.74 Å². The number of allylic oxidation sites excluding steroid dienone is 2. The van der Waals surface area contributed by atoms with Crippen LogP contribution >= 0.6 is 0 Å². The zero-order valence-corrected chi connectivity index (χ0v) is 11.8. The maximum atomic E-state index is 12.0. The van der Waals surface area contributed by atoms with Crippen molar-refractivity contribution in [3.63, 3.8) is 0 Å². The van der Waals surface area contributed by atoms with Crippen LogP contribution in [0.2, 0.25) is 0 Å². The number of ether oxygens (including phenoxy) is 1. The van der Waals surface area contributed by atoms with Gasteiger partial charge in [0.1, 0.15) is 11.0 Å². The highest BCUT2D eigenvalue weighted by molar-refractivity contribution is 7.85. The van der Waals surface area contributed by atoms with Crippen molar-refractivity contribution >= 4 is 16.9 Å². The third kappa shape index (κ3) is 3.43. The van der Waals surface area contributed by atoms with Crippen LogP contribution in [0.5, 0.6) is 0 Å². The molecule has 0 heterocycles. The van der Waals surface area contributed by atoms with Crippen LogP contribution in [0.25, 0.3) is 0 Å². The minimum absolute atomic E-state index is 0.0349. The summed E-state index contributed by atoms with van der Waals surface area (Å²) in [5.41, 5.74) is -1.71. The first-order valence-corrected chi connectivity index (χ1v) is 6.72. The smallest absolute Gasteiger partial charge is 0.268 e. The van der Waals surface area contributed by atoms with Gasteiger partial charge in [-0.1, -0.05) is 6.08 Å². The molecule has 0 aliphatic heterocycles. The van der Waals surface area contributed by atoms with E-state index in [1.54, 1.807) is 32.9 Å². The largest absolute Gasteiger partial charge is 0.501 e. The van der Waals surface area contributed by atoms with Crippen molar-refractivity contribution in [1.82, 2.24) is 4.72 Å². The van der Waals surface area contributed by atoms with E-state index in [0.29, 0.717) is 5.76 Å². The topological polar surface area (TPSA) is 75.6 Å². The summed E-state index contributed by atoms with van der Waals surface area (Å²) in [5.74, 6) is -0.189. The lowest BCUT2D eigenvalue weighted by Gasteiger charge is -2.27. The van der Waals surface area contributed by atoms with Gasteiger partial charge in [-0.25, -0.2) is 4.21 Å². The molecule has 0 saturated heterocycles. The van der Waals surface area contributed by atoms with Gasteiger partial charge in [-0.15, -0.1) is 0 Å². The summed E-state index contributed by atoms with van der Waals surface area (Å²) in [6.45, 7) is 5.22. The molecule has 2 atom stereocenters. The molecule has 1 rings (SSSR count). The van der Waals surface area contributed by atoms with Crippen LogP contribution < -0.4 is 4.72 Å². The molecule has 1 amide bonds. The Morgan fingerprint density at radius 3 is 2.67 bits per heavy atom. The van der Waals surface area contributed by atoms with E-state index in [2.05, 4.69) is 4.72 Å². The van der Waals surface area contributed by atoms with E-state index in [9.17, 15) is 14.1 Å². The minimum Gasteiger partial charge on any atom is -0.501 e. The van der Waals surface area contributed by atoms with E-state index in [1.165, 1.54) is 13.2 Å². The molecule has 6 heteroatoms. The summed E-state index contributed by atoms with van der Waals surface area (Å²) in [6, 6.07) is 0. The van der Waals surface area contributed by atoms with Crippen molar-refractivity contribution in [2.24, 2.45) is 0 Å². The average Bonchev–Trinajstić information content (AvgIpc) is 2.27. The summed E-state index contributed by atoms with van der Waals surface area (Å²) in [5, 5.41) is 10.2. The van der Waals surface area contributed by atoms with Gasteiger partial charge in [0.25, 0.3) is 5.91 Å². The molecule has 0 spiro atoms. The van der Waals surface area contributed by atoms with Crippen LogP contribution in [0.1, 0.15) is 27.2 Å². The van der Waals surface area contributed by atoms with Gasteiger partial charge in [0.15, 0.2) is 5.60 Å². The molecule has 0 aromatic rings. The first-order valence-electron chi connectivity index (χ1n) is 5.57. The fourth-order valence-corrected chi connectivity index (χ4v) is 1.97. The highest BCUT2D eigenvalue weighted by Crippen LogP contribution is 2.24. The maximum absolute atomic E-state index is 12.0. The summed E-state index contributed by atoms with van der Waals surface area (Å²) in [6.07, 6.45) is 4.61. The summed E-state index contributed by atoms with van der Waals surface area (Å²) in [4.78, 5) is 12.0. The normalized spacial score (nSPS) is 25.3. The molecule has 0 bridgehead atoms. The third-order valence-electron chi connectivity index (χ3n) is 2.49. The molecule has 0 aromatic heterocycles. The Bertz CT molecular complexity index is 422. The number of carbonyl (C=O) groups excluding carboxylic acids is 1. The van der Waals surface area contributed by atoms with E-state index in [-0.39, 0.29) is 6.42 Å². The molecular formula is C12H19NO4S. The van der Waals surface area contributed by atoms with Crippen LogP contribution in [0.4, 0.5) is 0 Å². The van der Waals surface area contributed by atoms with Gasteiger partial charge in [-0.2, -0.15) is 0 Å². The Kier molecular flexibility index (Phi) is 4.34. The number of amides is 1. The van der Waals surface area contributed by atoms with Crippen molar-refractivity contribution in [2.45, 2.75) is 37.5 Å². The van der Waals surface area contributed by atoms with Gasteiger partial charge in [-0.05, 0) is 32.9 Å². The predicted octanol–water partition coefficient (Wildman–Crippen LogP) is 0.786. The van der Waals surface area contributed by atoms with Gasteiger partial charge in [0.05, 0.1) is 17.6 Å². The van der Waals surface area contributed by atoms with E-state index in [0.717, 1.165) is 0 Å². The second-order valence-corrected chi connectivity index (χ2v) is 7.08. The Hall–Kier alpha value is -1.14. The molecular weight excluding hydrogens is 254 g/mol. The fourth-order valence-electron chi connectivity index (χ4n) is 1.32. The highest BCUT2D eigenvalue weighted by atomic mass is 32.2. The van der Waals surface area contributed by atoms with E-state index >= 15 is 0 Å². The van der Waals surface area contributed by atoms with Gasteiger partial charge in [0, 0.05) is 6.42 Å². The first kappa shape index (κ1) is 14.9. The number of aliphatic hydroxyl groups is 1. The van der Waals surface area contributed by atoms with Crippen molar-refractivity contribution in [3.8, 4) is 0 Å². The quantitative estimate of drug-likeness (QED) is 0.797. The number of hydrogen-bond acceptors (Lipinski definition) is 4. The number of carbonyl (C=O) groups is 1. The Labute approximate surface area is 109 Å². The van der Waals surface area contributed by atoms with Crippen LogP contribution in [0, 0.1) is 0 Å². The lowest BCUT2D eigenvalue weighted by molar-refractivity contribution is -0.133.